The van der Waals surface area contributed by atoms with E-state index in [0.29, 0.717) is 22.9 Å². The molecule has 0 heterocycles. The van der Waals surface area contributed by atoms with Gasteiger partial charge in [-0.15, -0.1) is 0 Å². The van der Waals surface area contributed by atoms with E-state index in [2.05, 4.69) is 16.0 Å². The lowest BCUT2D eigenvalue weighted by Gasteiger charge is -2.57. The number of nitrogens with one attached hydrogen (secondary N) is 3. The molecule has 1 aromatic carbocycles. The fourth-order valence-electron chi connectivity index (χ4n) is 3.97. The number of amides is 3. The number of carbonyl (C=O) groups is 2. The molecule has 2 aliphatic carbocycles. The summed E-state index contributed by atoms with van der Waals surface area (Å²) in [6, 6.07) is 7.61. The second-order valence-electron chi connectivity index (χ2n) is 6.86. The molecule has 1 aromatic rings. The molecule has 0 atom stereocenters. The van der Waals surface area contributed by atoms with E-state index < -0.39 is 0 Å². The van der Waals surface area contributed by atoms with Gasteiger partial charge in [0.05, 0.1) is 0 Å². The highest BCUT2D eigenvalue weighted by Gasteiger charge is 2.52. The number of hydrogen-bond acceptors (Lipinski definition) is 2. The molecule has 0 aliphatic heterocycles. The Labute approximate surface area is 141 Å². The smallest absolute Gasteiger partial charge is 0.315 e. The Morgan fingerprint density at radius 3 is 2.57 bits per heavy atom. The van der Waals surface area contributed by atoms with E-state index in [-0.39, 0.29) is 12.1 Å². The van der Waals surface area contributed by atoms with Gasteiger partial charge in [-0.1, -0.05) is 23.7 Å². The van der Waals surface area contributed by atoms with Gasteiger partial charge in [-0.05, 0) is 54.7 Å². The molecule has 124 valence electrons. The Morgan fingerprint density at radius 1 is 1.22 bits per heavy atom. The van der Waals surface area contributed by atoms with Gasteiger partial charge in [0.25, 0.3) is 0 Å². The normalized spacial score (nSPS) is 28.4. The predicted octanol–water partition coefficient (Wildman–Crippen LogP) is 2.44. The molecule has 5 nitrogen and oxygen atoms in total. The Kier molecular flexibility index (Phi) is 4.76. The van der Waals surface area contributed by atoms with Gasteiger partial charge in [-0.25, -0.2) is 4.79 Å². The van der Waals surface area contributed by atoms with Gasteiger partial charge in [-0.2, -0.15) is 0 Å². The van der Waals surface area contributed by atoms with Crippen molar-refractivity contribution in [2.24, 2.45) is 11.3 Å². The van der Waals surface area contributed by atoms with Crippen LogP contribution in [0.1, 0.15) is 31.2 Å². The van der Waals surface area contributed by atoms with Gasteiger partial charge < -0.3 is 16.0 Å². The van der Waals surface area contributed by atoms with Crippen LogP contribution in [-0.2, 0) is 11.3 Å². The minimum absolute atomic E-state index is 0.113. The van der Waals surface area contributed by atoms with Crippen LogP contribution in [0.5, 0.6) is 0 Å². The molecular weight excluding hydrogens is 314 g/mol. The van der Waals surface area contributed by atoms with Gasteiger partial charge >= 0.3 is 6.03 Å². The van der Waals surface area contributed by atoms with Crippen LogP contribution in [-0.4, -0.2) is 25.0 Å². The van der Waals surface area contributed by atoms with Crippen LogP contribution in [0.25, 0.3) is 0 Å². The monoisotopic (exact) mass is 335 g/mol. The molecule has 2 fully saturated rings. The molecule has 0 radical (unpaired) electrons. The predicted molar refractivity (Wildman–Crippen MR) is 89.1 cm³/mol. The number of benzene rings is 1. The molecule has 0 bridgehead atoms. The molecule has 2 saturated carbocycles. The van der Waals surface area contributed by atoms with Gasteiger partial charge in [0, 0.05) is 24.2 Å². The zero-order valence-electron chi connectivity index (χ0n) is 13.0. The van der Waals surface area contributed by atoms with Crippen molar-refractivity contribution >= 4 is 24.0 Å². The van der Waals surface area contributed by atoms with Crippen LogP contribution in [0.2, 0.25) is 5.02 Å². The summed E-state index contributed by atoms with van der Waals surface area (Å²) in [6.07, 6.45) is 5.20. The fourth-order valence-corrected chi connectivity index (χ4v) is 4.09. The van der Waals surface area contributed by atoms with Crippen molar-refractivity contribution in [2.75, 3.05) is 6.54 Å². The van der Waals surface area contributed by atoms with Crippen molar-refractivity contribution in [1.29, 1.82) is 0 Å². The molecule has 23 heavy (non-hydrogen) atoms. The van der Waals surface area contributed by atoms with Crippen molar-refractivity contribution in [2.45, 2.75) is 38.3 Å². The lowest BCUT2D eigenvalue weighted by molar-refractivity contribution is -0.110. The summed E-state index contributed by atoms with van der Waals surface area (Å²) in [5, 5.41) is 9.35. The SMILES string of the molecule is O=CNCC1CC2(C1)CC(NC(=O)NCc1ccc(Cl)cc1)C2. The quantitative estimate of drug-likeness (QED) is 0.699. The first-order chi connectivity index (χ1) is 11.1. The second kappa shape index (κ2) is 6.79. The summed E-state index contributed by atoms with van der Waals surface area (Å²) in [4.78, 5) is 22.2. The summed E-state index contributed by atoms with van der Waals surface area (Å²) >= 11 is 5.83. The summed E-state index contributed by atoms with van der Waals surface area (Å²) < 4.78 is 0. The zero-order chi connectivity index (χ0) is 16.3. The highest BCUT2D eigenvalue weighted by molar-refractivity contribution is 6.30. The van der Waals surface area contributed by atoms with E-state index in [4.69, 9.17) is 11.6 Å². The standard InChI is InChI=1S/C17H22ClN3O2/c18-14-3-1-12(2-4-14)10-20-16(23)21-15-7-17(8-15)5-13(6-17)9-19-11-22/h1-4,11,13,15H,5-10H2,(H,19,22)(H2,20,21,23). The van der Waals surface area contributed by atoms with E-state index in [1.807, 2.05) is 24.3 Å². The van der Waals surface area contributed by atoms with Crippen molar-refractivity contribution in [1.82, 2.24) is 16.0 Å². The van der Waals surface area contributed by atoms with Crippen LogP contribution < -0.4 is 16.0 Å². The third-order valence-corrected chi connectivity index (χ3v) is 5.25. The molecule has 2 aliphatic rings. The molecule has 3 N–H and O–H groups in total. The average molecular weight is 336 g/mol. The number of carbonyl (C=O) groups excluding carboxylic acids is 2. The summed E-state index contributed by atoms with van der Waals surface area (Å²) in [6.45, 7) is 1.28. The van der Waals surface area contributed by atoms with Gasteiger partial charge in [0.2, 0.25) is 6.41 Å². The molecule has 0 aromatic heterocycles. The molecule has 0 unspecified atom stereocenters. The topological polar surface area (TPSA) is 70.2 Å². The Hall–Kier alpha value is -1.75. The number of rotatable bonds is 6. The van der Waals surface area contributed by atoms with Crippen molar-refractivity contribution in [3.63, 3.8) is 0 Å². The Balaban J connectivity index is 1.32. The van der Waals surface area contributed by atoms with Crippen molar-refractivity contribution in [3.05, 3.63) is 34.9 Å². The maximum Gasteiger partial charge on any atom is 0.315 e. The van der Waals surface area contributed by atoms with Crippen molar-refractivity contribution in [3.8, 4) is 0 Å². The minimum atomic E-state index is -0.113. The first-order valence-electron chi connectivity index (χ1n) is 8.04. The van der Waals surface area contributed by atoms with Gasteiger partial charge in [-0.3, -0.25) is 4.79 Å². The Bertz CT molecular complexity index is 562. The summed E-state index contributed by atoms with van der Waals surface area (Å²) in [5.74, 6) is 0.611. The van der Waals surface area contributed by atoms with E-state index in [0.717, 1.165) is 31.4 Å². The number of halogens is 1. The third kappa shape index (κ3) is 3.96. The van der Waals surface area contributed by atoms with Crippen molar-refractivity contribution < 1.29 is 9.59 Å². The highest BCUT2D eigenvalue weighted by atomic mass is 35.5. The second-order valence-corrected chi connectivity index (χ2v) is 7.30. The lowest BCUT2D eigenvalue weighted by atomic mass is 9.50. The first-order valence-corrected chi connectivity index (χ1v) is 8.42. The zero-order valence-corrected chi connectivity index (χ0v) is 13.7. The first kappa shape index (κ1) is 16.1. The van der Waals surface area contributed by atoms with E-state index in [9.17, 15) is 9.59 Å². The van der Waals surface area contributed by atoms with Gasteiger partial charge in [0.1, 0.15) is 0 Å². The average Bonchev–Trinajstić information content (AvgIpc) is 2.46. The van der Waals surface area contributed by atoms with Crippen LogP contribution in [0.4, 0.5) is 4.79 Å². The van der Waals surface area contributed by atoms with Crippen LogP contribution in [0.15, 0.2) is 24.3 Å². The molecule has 3 rings (SSSR count). The van der Waals surface area contributed by atoms with Gasteiger partial charge in [0.15, 0.2) is 0 Å². The largest absolute Gasteiger partial charge is 0.358 e. The fraction of sp³-hybridized carbons (Fsp3) is 0.529. The van der Waals surface area contributed by atoms with Crippen LogP contribution >= 0.6 is 11.6 Å². The molecular formula is C17H22ClN3O2. The number of urea groups is 1. The maximum absolute atomic E-state index is 11.9. The summed E-state index contributed by atoms with van der Waals surface area (Å²) in [5.41, 5.74) is 1.45. The minimum Gasteiger partial charge on any atom is -0.358 e. The molecule has 0 saturated heterocycles. The van der Waals surface area contributed by atoms with E-state index in [1.54, 1.807) is 0 Å². The maximum atomic E-state index is 11.9. The molecule has 6 heteroatoms. The highest BCUT2D eigenvalue weighted by Crippen LogP contribution is 2.58. The number of hydrogen-bond donors (Lipinski definition) is 3. The molecule has 3 amide bonds. The Morgan fingerprint density at radius 2 is 1.91 bits per heavy atom. The van der Waals surface area contributed by atoms with E-state index >= 15 is 0 Å². The molecule has 1 spiro atoms. The van der Waals surface area contributed by atoms with Crippen LogP contribution in [0.3, 0.4) is 0 Å². The summed E-state index contributed by atoms with van der Waals surface area (Å²) in [7, 11) is 0. The lowest BCUT2D eigenvalue weighted by Crippen LogP contribution is -2.58. The third-order valence-electron chi connectivity index (χ3n) is 4.99. The van der Waals surface area contributed by atoms with E-state index in [1.165, 1.54) is 12.8 Å². The van der Waals surface area contributed by atoms with Crippen LogP contribution in [0, 0.1) is 11.3 Å².